The number of hydrogen-bond acceptors (Lipinski definition) is 9. The first-order chi connectivity index (χ1) is 17.3. The first-order valence-corrected chi connectivity index (χ1v) is 14.7. The van der Waals surface area contributed by atoms with Crippen LogP contribution in [0.25, 0.3) is 21.8 Å². The number of nitrogens with zero attached hydrogens (tertiary/aromatic N) is 3. The third-order valence-corrected chi connectivity index (χ3v) is 8.77. The van der Waals surface area contributed by atoms with Crippen molar-refractivity contribution in [3.05, 3.63) is 40.5 Å². The van der Waals surface area contributed by atoms with Gasteiger partial charge in [0.05, 0.1) is 43.8 Å². The van der Waals surface area contributed by atoms with Crippen LogP contribution in [0.2, 0.25) is 5.02 Å². The number of hydrogen-bond donors (Lipinski definition) is 3. The van der Waals surface area contributed by atoms with Gasteiger partial charge in [-0.05, 0) is 38.3 Å². The van der Waals surface area contributed by atoms with E-state index in [1.165, 1.54) is 0 Å². The molecular formula is C24H30ClN5O4S2. The van der Waals surface area contributed by atoms with Crippen molar-refractivity contribution in [2.75, 3.05) is 35.6 Å². The number of aromatic nitrogens is 3. The molecule has 0 bridgehead atoms. The van der Waals surface area contributed by atoms with E-state index in [0.29, 0.717) is 54.8 Å². The van der Waals surface area contributed by atoms with Gasteiger partial charge in [-0.25, -0.2) is 23.4 Å². The van der Waals surface area contributed by atoms with E-state index in [1.54, 1.807) is 42.7 Å². The summed E-state index contributed by atoms with van der Waals surface area (Å²) in [5.41, 5.74) is 2.24. The number of anilines is 2. The zero-order chi connectivity index (χ0) is 25.7. The van der Waals surface area contributed by atoms with Gasteiger partial charge in [0.2, 0.25) is 16.0 Å². The fourth-order valence-corrected chi connectivity index (χ4v) is 6.58. The van der Waals surface area contributed by atoms with Crippen molar-refractivity contribution in [2.24, 2.45) is 0 Å². The SMILES string of the molecule is CCCS(=O)(=O)Nc1cccc(-c2nc(C3CCOCC3)sc2-c2ccnc(NC[C@H](C)O)n2)c1Cl. The predicted octanol–water partition coefficient (Wildman–Crippen LogP) is 4.76. The van der Waals surface area contributed by atoms with Gasteiger partial charge >= 0.3 is 0 Å². The number of nitrogens with one attached hydrogen (secondary N) is 2. The third kappa shape index (κ3) is 6.51. The molecule has 9 nitrogen and oxygen atoms in total. The molecule has 1 saturated heterocycles. The second-order valence-corrected chi connectivity index (χ2v) is 12.0. The van der Waals surface area contributed by atoms with E-state index < -0.39 is 16.1 Å². The van der Waals surface area contributed by atoms with Gasteiger partial charge < -0.3 is 15.2 Å². The van der Waals surface area contributed by atoms with Crippen LogP contribution in [0.4, 0.5) is 11.6 Å². The number of sulfonamides is 1. The molecule has 12 heteroatoms. The summed E-state index contributed by atoms with van der Waals surface area (Å²) in [5, 5.41) is 13.9. The molecule has 194 valence electrons. The second-order valence-electron chi connectivity index (χ2n) is 8.70. The Morgan fingerprint density at radius 1 is 1.25 bits per heavy atom. The molecule has 0 aliphatic carbocycles. The maximum absolute atomic E-state index is 12.4. The predicted molar refractivity (Wildman–Crippen MR) is 144 cm³/mol. The molecule has 0 amide bonds. The second kappa shape index (κ2) is 11.8. The first-order valence-electron chi connectivity index (χ1n) is 11.9. The molecule has 3 N–H and O–H groups in total. The number of ether oxygens (including phenoxy) is 1. The van der Waals surface area contributed by atoms with Gasteiger partial charge in [0, 0.05) is 37.4 Å². The molecule has 4 rings (SSSR count). The summed E-state index contributed by atoms with van der Waals surface area (Å²) in [6, 6.07) is 7.05. The van der Waals surface area contributed by atoms with Gasteiger partial charge in [-0.3, -0.25) is 4.72 Å². The fourth-order valence-electron chi connectivity index (χ4n) is 3.90. The van der Waals surface area contributed by atoms with E-state index in [2.05, 4.69) is 20.0 Å². The first kappa shape index (κ1) is 26.7. The minimum absolute atomic E-state index is 0.00652. The van der Waals surface area contributed by atoms with Crippen molar-refractivity contribution in [1.82, 2.24) is 15.0 Å². The van der Waals surface area contributed by atoms with E-state index >= 15 is 0 Å². The lowest BCUT2D eigenvalue weighted by Gasteiger charge is -2.19. The van der Waals surface area contributed by atoms with E-state index in [0.717, 1.165) is 22.7 Å². The molecule has 2 aromatic heterocycles. The van der Waals surface area contributed by atoms with Gasteiger partial charge in [-0.2, -0.15) is 0 Å². The fraction of sp³-hybridized carbons (Fsp3) is 0.458. The van der Waals surface area contributed by atoms with Crippen LogP contribution in [0.3, 0.4) is 0 Å². The van der Waals surface area contributed by atoms with Crippen molar-refractivity contribution in [2.45, 2.75) is 45.1 Å². The number of benzene rings is 1. The quantitative estimate of drug-likeness (QED) is 0.329. The number of rotatable bonds is 10. The molecule has 1 aliphatic heterocycles. The highest BCUT2D eigenvalue weighted by Crippen LogP contribution is 2.44. The highest BCUT2D eigenvalue weighted by atomic mass is 35.5. The molecule has 1 aliphatic rings. The number of aliphatic hydroxyl groups excluding tert-OH is 1. The lowest BCUT2D eigenvalue weighted by molar-refractivity contribution is 0.0853. The van der Waals surface area contributed by atoms with Crippen LogP contribution >= 0.6 is 22.9 Å². The Bertz CT molecular complexity index is 1290. The van der Waals surface area contributed by atoms with Gasteiger partial charge in [0.25, 0.3) is 0 Å². The molecule has 0 spiro atoms. The smallest absolute Gasteiger partial charge is 0.232 e. The van der Waals surface area contributed by atoms with Crippen LogP contribution in [0.15, 0.2) is 30.5 Å². The number of halogens is 1. The summed E-state index contributed by atoms with van der Waals surface area (Å²) in [5.74, 6) is 0.663. The molecule has 3 heterocycles. The molecule has 3 aromatic rings. The van der Waals surface area contributed by atoms with Crippen LogP contribution in [0, 0.1) is 0 Å². The summed E-state index contributed by atoms with van der Waals surface area (Å²) in [4.78, 5) is 14.7. The molecule has 0 unspecified atom stereocenters. The average Bonchev–Trinajstić information content (AvgIpc) is 3.30. The van der Waals surface area contributed by atoms with E-state index in [-0.39, 0.29) is 16.7 Å². The van der Waals surface area contributed by atoms with E-state index in [9.17, 15) is 13.5 Å². The molecule has 1 fully saturated rings. The van der Waals surface area contributed by atoms with E-state index in [1.807, 2.05) is 13.0 Å². The molecule has 1 aromatic carbocycles. The zero-order valence-electron chi connectivity index (χ0n) is 20.2. The van der Waals surface area contributed by atoms with Crippen molar-refractivity contribution in [3.8, 4) is 21.8 Å². The monoisotopic (exact) mass is 551 g/mol. The Morgan fingerprint density at radius 3 is 2.75 bits per heavy atom. The summed E-state index contributed by atoms with van der Waals surface area (Å²) in [6.45, 7) is 5.18. The Balaban J connectivity index is 1.78. The summed E-state index contributed by atoms with van der Waals surface area (Å²) < 4.78 is 33.0. The normalized spacial score (nSPS) is 15.6. The summed E-state index contributed by atoms with van der Waals surface area (Å²) in [7, 11) is -3.51. The van der Waals surface area contributed by atoms with Gasteiger partial charge in [0.15, 0.2) is 0 Å². The average molecular weight is 552 g/mol. The highest BCUT2D eigenvalue weighted by molar-refractivity contribution is 7.92. The largest absolute Gasteiger partial charge is 0.392 e. The lowest BCUT2D eigenvalue weighted by atomic mass is 10.0. The van der Waals surface area contributed by atoms with Gasteiger partial charge in [0.1, 0.15) is 0 Å². The molecular weight excluding hydrogens is 522 g/mol. The Labute approximate surface area is 220 Å². The maximum Gasteiger partial charge on any atom is 0.232 e. The Kier molecular flexibility index (Phi) is 8.78. The molecule has 36 heavy (non-hydrogen) atoms. The van der Waals surface area contributed by atoms with Crippen LogP contribution in [0.1, 0.15) is 44.0 Å². The molecule has 0 radical (unpaired) electrons. The minimum atomic E-state index is -3.51. The Morgan fingerprint density at radius 2 is 2.03 bits per heavy atom. The zero-order valence-corrected chi connectivity index (χ0v) is 22.6. The molecule has 0 saturated carbocycles. The molecule has 1 atom stereocenters. The number of thiazole rings is 1. The maximum atomic E-state index is 12.4. The van der Waals surface area contributed by atoms with Crippen LogP contribution in [-0.2, 0) is 14.8 Å². The summed E-state index contributed by atoms with van der Waals surface area (Å²) in [6.07, 6.45) is 3.36. The summed E-state index contributed by atoms with van der Waals surface area (Å²) >= 11 is 8.32. The van der Waals surface area contributed by atoms with Crippen molar-refractivity contribution in [3.63, 3.8) is 0 Å². The highest BCUT2D eigenvalue weighted by Gasteiger charge is 2.26. The van der Waals surface area contributed by atoms with Crippen molar-refractivity contribution < 1.29 is 18.3 Å². The van der Waals surface area contributed by atoms with Gasteiger partial charge in [-0.15, -0.1) is 11.3 Å². The van der Waals surface area contributed by atoms with Crippen molar-refractivity contribution >= 4 is 44.6 Å². The van der Waals surface area contributed by atoms with Crippen LogP contribution in [0.5, 0.6) is 0 Å². The number of aliphatic hydroxyl groups is 1. The Hall–Kier alpha value is -2.31. The van der Waals surface area contributed by atoms with Crippen LogP contribution in [-0.4, -0.2) is 60.1 Å². The topological polar surface area (TPSA) is 126 Å². The minimum Gasteiger partial charge on any atom is -0.392 e. The van der Waals surface area contributed by atoms with E-state index in [4.69, 9.17) is 21.3 Å². The van der Waals surface area contributed by atoms with Crippen molar-refractivity contribution in [1.29, 1.82) is 0 Å². The third-order valence-electron chi connectivity index (χ3n) is 5.65. The standard InChI is InChI=1S/C24H30ClN5O4S2/c1-3-13-36(32,33)30-18-6-4-5-17(20(18)25)21-22(35-23(29-21)16-8-11-34-12-9-16)19-7-10-26-24(28-19)27-14-15(2)31/h4-7,10,15-16,30-31H,3,8-9,11-14H2,1-2H3,(H,26,27,28)/t15-/m0/s1. The van der Waals surface area contributed by atoms with Gasteiger partial charge in [-0.1, -0.05) is 30.7 Å². The van der Waals surface area contributed by atoms with Crippen LogP contribution < -0.4 is 10.0 Å². The lowest BCUT2D eigenvalue weighted by Crippen LogP contribution is -2.16.